The third-order valence-corrected chi connectivity index (χ3v) is 3.11. The Labute approximate surface area is 120 Å². The Morgan fingerprint density at radius 1 is 1.38 bits per heavy atom. The lowest BCUT2D eigenvalue weighted by Gasteiger charge is -2.04. The molecule has 108 valence electrons. The van der Waals surface area contributed by atoms with Crippen LogP contribution in [0.15, 0.2) is 18.2 Å². The highest BCUT2D eigenvalue weighted by Gasteiger charge is 2.08. The van der Waals surface area contributed by atoms with Crippen LogP contribution < -0.4 is 5.32 Å². The first-order valence-corrected chi connectivity index (χ1v) is 6.69. The monoisotopic (exact) mass is 285 g/mol. The smallest absolute Gasteiger partial charge is 0.251 e. The van der Waals surface area contributed by atoms with Crippen molar-refractivity contribution < 1.29 is 4.79 Å². The van der Waals surface area contributed by atoms with E-state index >= 15 is 0 Å². The van der Waals surface area contributed by atoms with Crippen molar-refractivity contribution in [2.24, 2.45) is 0 Å². The molecule has 0 aliphatic rings. The van der Waals surface area contributed by atoms with Gasteiger partial charge in [0.25, 0.3) is 5.91 Å². The van der Waals surface area contributed by atoms with Crippen LogP contribution in [0.4, 0.5) is 0 Å². The number of amides is 1. The number of aryl methyl sites for hydroxylation is 2. The zero-order chi connectivity index (χ0) is 14.7. The second-order valence-corrected chi connectivity index (χ2v) is 4.74. The van der Waals surface area contributed by atoms with Gasteiger partial charge >= 0.3 is 0 Å². The Balaban J connectivity index is 1.56. The molecule has 2 aromatic heterocycles. The number of carbonyl (C=O) groups is 1. The van der Waals surface area contributed by atoms with Crippen LogP contribution in [0.3, 0.4) is 0 Å². The average Bonchev–Trinajstić information content (AvgIpc) is 3.10. The van der Waals surface area contributed by atoms with Crippen LogP contribution in [0.1, 0.15) is 28.4 Å². The second kappa shape index (κ2) is 5.70. The summed E-state index contributed by atoms with van der Waals surface area (Å²) in [5, 5.41) is 16.5. The summed E-state index contributed by atoms with van der Waals surface area (Å²) < 4.78 is 0. The summed E-state index contributed by atoms with van der Waals surface area (Å²) in [7, 11) is 0. The Bertz CT molecular complexity index is 747. The van der Waals surface area contributed by atoms with Gasteiger partial charge in [-0.1, -0.05) is 5.21 Å². The number of aromatic amines is 2. The summed E-state index contributed by atoms with van der Waals surface area (Å²) in [6.45, 7) is 2.45. The van der Waals surface area contributed by atoms with Gasteiger partial charge in [0.2, 0.25) is 0 Å². The molecule has 0 aliphatic heterocycles. The Morgan fingerprint density at radius 3 is 3.10 bits per heavy atom. The van der Waals surface area contributed by atoms with E-state index in [2.05, 4.69) is 35.9 Å². The van der Waals surface area contributed by atoms with Crippen molar-refractivity contribution in [3.63, 3.8) is 0 Å². The molecule has 2 heterocycles. The molecule has 0 unspecified atom stereocenters. The van der Waals surface area contributed by atoms with Crippen molar-refractivity contribution in [2.75, 3.05) is 6.54 Å². The number of rotatable bonds is 5. The van der Waals surface area contributed by atoms with Crippen LogP contribution in [0.5, 0.6) is 0 Å². The molecule has 0 fully saturated rings. The van der Waals surface area contributed by atoms with Gasteiger partial charge in [-0.15, -0.1) is 10.2 Å². The summed E-state index contributed by atoms with van der Waals surface area (Å²) in [4.78, 5) is 19.5. The van der Waals surface area contributed by atoms with Gasteiger partial charge in [0, 0.05) is 18.5 Å². The van der Waals surface area contributed by atoms with Gasteiger partial charge in [0.15, 0.2) is 5.82 Å². The normalized spacial score (nSPS) is 10.9. The minimum atomic E-state index is -0.0998. The van der Waals surface area contributed by atoms with Crippen LogP contribution in [0.2, 0.25) is 0 Å². The van der Waals surface area contributed by atoms with E-state index in [9.17, 15) is 4.79 Å². The SMILES string of the molecule is Cc1nc2ccc(C(=O)NCCCc3nn[nH]n3)cc2[nH]1. The molecule has 3 aromatic rings. The highest BCUT2D eigenvalue weighted by atomic mass is 16.1. The summed E-state index contributed by atoms with van der Waals surface area (Å²) >= 11 is 0. The summed E-state index contributed by atoms with van der Waals surface area (Å²) in [5.41, 5.74) is 2.35. The molecule has 0 saturated heterocycles. The van der Waals surface area contributed by atoms with Crippen LogP contribution in [0, 0.1) is 6.92 Å². The Hall–Kier alpha value is -2.77. The number of hydrogen-bond donors (Lipinski definition) is 3. The van der Waals surface area contributed by atoms with E-state index in [1.165, 1.54) is 0 Å². The quantitative estimate of drug-likeness (QED) is 0.599. The predicted molar refractivity (Wildman–Crippen MR) is 75.7 cm³/mol. The second-order valence-electron chi connectivity index (χ2n) is 4.74. The number of hydrogen-bond acceptors (Lipinski definition) is 5. The van der Waals surface area contributed by atoms with Crippen molar-refractivity contribution in [3.8, 4) is 0 Å². The summed E-state index contributed by atoms with van der Waals surface area (Å²) in [6, 6.07) is 5.42. The third kappa shape index (κ3) is 3.04. The average molecular weight is 285 g/mol. The van der Waals surface area contributed by atoms with E-state index < -0.39 is 0 Å². The largest absolute Gasteiger partial charge is 0.352 e. The van der Waals surface area contributed by atoms with E-state index in [0.29, 0.717) is 24.4 Å². The van der Waals surface area contributed by atoms with Crippen molar-refractivity contribution in [1.82, 2.24) is 35.9 Å². The van der Waals surface area contributed by atoms with Gasteiger partial charge in [0.1, 0.15) is 5.82 Å². The van der Waals surface area contributed by atoms with Gasteiger partial charge in [-0.25, -0.2) is 4.98 Å². The van der Waals surface area contributed by atoms with Crippen LogP contribution in [0.25, 0.3) is 11.0 Å². The maximum atomic E-state index is 12.1. The molecule has 21 heavy (non-hydrogen) atoms. The van der Waals surface area contributed by atoms with E-state index in [1.54, 1.807) is 6.07 Å². The van der Waals surface area contributed by atoms with Gasteiger partial charge in [-0.2, -0.15) is 5.21 Å². The highest BCUT2D eigenvalue weighted by molar-refractivity contribution is 5.97. The number of nitrogens with one attached hydrogen (secondary N) is 3. The maximum Gasteiger partial charge on any atom is 0.251 e. The van der Waals surface area contributed by atoms with Crippen LogP contribution in [-0.4, -0.2) is 43.0 Å². The molecular weight excluding hydrogens is 270 g/mol. The molecule has 0 atom stereocenters. The molecule has 3 N–H and O–H groups in total. The fourth-order valence-corrected chi connectivity index (χ4v) is 2.12. The number of imidazole rings is 1. The van der Waals surface area contributed by atoms with Gasteiger partial charge in [-0.3, -0.25) is 4.79 Å². The van der Waals surface area contributed by atoms with Gasteiger partial charge < -0.3 is 10.3 Å². The minimum absolute atomic E-state index is 0.0998. The molecule has 0 aliphatic carbocycles. The number of aromatic nitrogens is 6. The number of carbonyl (C=O) groups excluding carboxylic acids is 1. The van der Waals surface area contributed by atoms with Crippen molar-refractivity contribution in [2.45, 2.75) is 19.8 Å². The number of tetrazole rings is 1. The first-order valence-electron chi connectivity index (χ1n) is 6.69. The summed E-state index contributed by atoms with van der Waals surface area (Å²) in [6.07, 6.45) is 1.44. The first kappa shape index (κ1) is 13.2. The molecule has 0 bridgehead atoms. The van der Waals surface area contributed by atoms with Gasteiger partial charge in [0.05, 0.1) is 11.0 Å². The number of fused-ring (bicyclic) bond motifs is 1. The summed E-state index contributed by atoms with van der Waals surface area (Å²) in [5.74, 6) is 1.39. The molecule has 3 rings (SSSR count). The predicted octanol–water partition coefficient (Wildman–Crippen LogP) is 0.747. The first-order chi connectivity index (χ1) is 10.2. The molecule has 0 radical (unpaired) electrons. The van der Waals surface area contributed by atoms with E-state index in [4.69, 9.17) is 0 Å². The lowest BCUT2D eigenvalue weighted by atomic mass is 10.2. The maximum absolute atomic E-state index is 12.1. The van der Waals surface area contributed by atoms with E-state index in [0.717, 1.165) is 23.3 Å². The number of H-pyrrole nitrogens is 2. The fourth-order valence-electron chi connectivity index (χ4n) is 2.12. The van der Waals surface area contributed by atoms with Crippen molar-refractivity contribution >= 4 is 16.9 Å². The molecule has 1 aromatic carbocycles. The van der Waals surface area contributed by atoms with E-state index in [-0.39, 0.29) is 5.91 Å². The number of nitrogens with zero attached hydrogens (tertiary/aromatic N) is 4. The molecule has 0 spiro atoms. The van der Waals surface area contributed by atoms with Crippen molar-refractivity contribution in [1.29, 1.82) is 0 Å². The minimum Gasteiger partial charge on any atom is -0.352 e. The standard InChI is InChI=1S/C13H15N7O/c1-8-15-10-5-4-9(7-11(10)16-8)13(21)14-6-2-3-12-17-19-20-18-12/h4-5,7H,2-3,6H2,1H3,(H,14,21)(H,15,16)(H,17,18,19,20). The van der Waals surface area contributed by atoms with E-state index in [1.807, 2.05) is 19.1 Å². The Kier molecular flexibility index (Phi) is 3.59. The topological polar surface area (TPSA) is 112 Å². The fraction of sp³-hybridized carbons (Fsp3) is 0.308. The van der Waals surface area contributed by atoms with Crippen molar-refractivity contribution in [3.05, 3.63) is 35.4 Å². The Morgan fingerprint density at radius 2 is 2.29 bits per heavy atom. The van der Waals surface area contributed by atoms with Crippen LogP contribution in [-0.2, 0) is 6.42 Å². The zero-order valence-electron chi connectivity index (χ0n) is 11.6. The lowest BCUT2D eigenvalue weighted by Crippen LogP contribution is -2.24. The molecule has 8 heteroatoms. The van der Waals surface area contributed by atoms with Crippen LogP contribution >= 0.6 is 0 Å². The molecular formula is C13H15N7O. The van der Waals surface area contributed by atoms with Gasteiger partial charge in [-0.05, 0) is 31.5 Å². The number of benzene rings is 1. The third-order valence-electron chi connectivity index (χ3n) is 3.11. The lowest BCUT2D eigenvalue weighted by molar-refractivity contribution is 0.0953. The highest BCUT2D eigenvalue weighted by Crippen LogP contribution is 2.13. The molecule has 0 saturated carbocycles. The molecule has 8 nitrogen and oxygen atoms in total. The zero-order valence-corrected chi connectivity index (χ0v) is 11.6. The molecule has 1 amide bonds.